The van der Waals surface area contributed by atoms with Gasteiger partial charge in [0.2, 0.25) is 6.79 Å². The van der Waals surface area contributed by atoms with E-state index in [4.69, 9.17) is 15.2 Å². The molecule has 0 aromatic heterocycles. The fourth-order valence-electron chi connectivity index (χ4n) is 3.79. The highest BCUT2D eigenvalue weighted by molar-refractivity contribution is 5.79. The summed E-state index contributed by atoms with van der Waals surface area (Å²) in [5, 5.41) is 0. The van der Waals surface area contributed by atoms with E-state index in [2.05, 4.69) is 33.8 Å². The maximum absolute atomic E-state index is 6.23. The van der Waals surface area contributed by atoms with Crippen molar-refractivity contribution in [2.75, 3.05) is 12.5 Å². The summed E-state index contributed by atoms with van der Waals surface area (Å²) in [5.41, 5.74) is 9.89. The van der Waals surface area contributed by atoms with E-state index in [-0.39, 0.29) is 17.6 Å². The molecule has 3 nitrogen and oxygen atoms in total. The van der Waals surface area contributed by atoms with Crippen LogP contribution in [0.1, 0.15) is 46.1 Å². The lowest BCUT2D eigenvalue weighted by molar-refractivity contribution is 0.174. The number of hydrogen-bond acceptors (Lipinski definition) is 3. The van der Waals surface area contributed by atoms with Crippen LogP contribution in [0.3, 0.4) is 0 Å². The fraction of sp³-hybridized carbons (Fsp3) is 0.529. The van der Waals surface area contributed by atoms with Gasteiger partial charge in [0.1, 0.15) is 0 Å². The molecule has 3 rings (SSSR count). The molecular formula is C17H23NO2. The van der Waals surface area contributed by atoms with Crippen molar-refractivity contribution in [2.45, 2.75) is 40.5 Å². The molecule has 1 aliphatic heterocycles. The zero-order valence-electron chi connectivity index (χ0n) is 12.7. The quantitative estimate of drug-likeness (QED) is 0.779. The van der Waals surface area contributed by atoms with Crippen LogP contribution in [-0.4, -0.2) is 6.79 Å². The van der Waals surface area contributed by atoms with Gasteiger partial charge in [-0.1, -0.05) is 33.8 Å². The van der Waals surface area contributed by atoms with Gasteiger partial charge in [-0.15, -0.1) is 0 Å². The van der Waals surface area contributed by atoms with Gasteiger partial charge in [-0.25, -0.2) is 0 Å². The average Bonchev–Trinajstić information content (AvgIpc) is 2.70. The minimum Gasteiger partial charge on any atom is -0.454 e. The summed E-state index contributed by atoms with van der Waals surface area (Å²) in [4.78, 5) is 0. The summed E-state index contributed by atoms with van der Waals surface area (Å²) < 4.78 is 10.9. The number of allylic oxidation sites excluding steroid dienone is 2. The smallest absolute Gasteiger partial charge is 0.231 e. The zero-order valence-corrected chi connectivity index (χ0v) is 12.7. The van der Waals surface area contributed by atoms with Crippen LogP contribution >= 0.6 is 0 Å². The highest BCUT2D eigenvalue weighted by Crippen LogP contribution is 2.49. The molecule has 1 aromatic rings. The van der Waals surface area contributed by atoms with Crippen LogP contribution in [0.2, 0.25) is 0 Å². The van der Waals surface area contributed by atoms with Gasteiger partial charge < -0.3 is 15.2 Å². The number of ether oxygens (including phenoxy) is 2. The summed E-state index contributed by atoms with van der Waals surface area (Å²) >= 11 is 0. The lowest BCUT2D eigenvalue weighted by Crippen LogP contribution is -2.26. The molecule has 0 unspecified atom stereocenters. The van der Waals surface area contributed by atoms with E-state index in [1.165, 1.54) is 12.0 Å². The number of nitrogen functional groups attached to an aromatic ring is 1. The zero-order chi connectivity index (χ0) is 14.5. The predicted molar refractivity (Wildman–Crippen MR) is 81.8 cm³/mol. The van der Waals surface area contributed by atoms with Crippen molar-refractivity contribution in [3.63, 3.8) is 0 Å². The molecule has 20 heavy (non-hydrogen) atoms. The van der Waals surface area contributed by atoms with E-state index in [0.29, 0.717) is 0 Å². The lowest BCUT2D eigenvalue weighted by atomic mass is 9.65. The molecule has 0 saturated heterocycles. The second-order valence-corrected chi connectivity index (χ2v) is 7.47. The van der Waals surface area contributed by atoms with Crippen LogP contribution in [0.15, 0.2) is 18.2 Å². The fourth-order valence-corrected chi connectivity index (χ4v) is 3.79. The van der Waals surface area contributed by atoms with E-state index in [0.717, 1.165) is 29.2 Å². The Bertz CT molecular complexity index is 585. The maximum atomic E-state index is 6.23. The second-order valence-electron chi connectivity index (χ2n) is 7.47. The van der Waals surface area contributed by atoms with Crippen LogP contribution in [0.25, 0.3) is 5.57 Å². The first kappa shape index (κ1) is 13.3. The SMILES string of the molecule is CC1(C)C=C(c2cc3c(cc2N)OCO3)CC(C)(C)C1. The molecule has 0 amide bonds. The molecule has 0 saturated carbocycles. The Hall–Kier alpha value is -1.64. The molecule has 0 fully saturated rings. The molecule has 3 heteroatoms. The van der Waals surface area contributed by atoms with Gasteiger partial charge >= 0.3 is 0 Å². The third-order valence-electron chi connectivity index (χ3n) is 4.06. The predicted octanol–water partition coefficient (Wildman–Crippen LogP) is 4.23. The maximum Gasteiger partial charge on any atom is 0.231 e. The molecule has 2 aliphatic rings. The highest BCUT2D eigenvalue weighted by atomic mass is 16.7. The summed E-state index contributed by atoms with van der Waals surface area (Å²) in [7, 11) is 0. The van der Waals surface area contributed by atoms with E-state index in [1.807, 2.05) is 12.1 Å². The molecule has 2 N–H and O–H groups in total. The van der Waals surface area contributed by atoms with Gasteiger partial charge in [0, 0.05) is 17.3 Å². The lowest BCUT2D eigenvalue weighted by Gasteiger charge is -2.39. The van der Waals surface area contributed by atoms with Gasteiger partial charge in [-0.05, 0) is 35.3 Å². The Morgan fingerprint density at radius 1 is 1.05 bits per heavy atom. The molecule has 1 aliphatic carbocycles. The van der Waals surface area contributed by atoms with E-state index < -0.39 is 0 Å². The first-order chi connectivity index (χ1) is 9.26. The number of nitrogens with two attached hydrogens (primary N) is 1. The minimum absolute atomic E-state index is 0.194. The van der Waals surface area contributed by atoms with Gasteiger partial charge in [-0.3, -0.25) is 0 Å². The van der Waals surface area contributed by atoms with Crippen LogP contribution in [-0.2, 0) is 0 Å². The highest BCUT2D eigenvalue weighted by Gasteiger charge is 2.34. The Kier molecular flexibility index (Phi) is 2.79. The largest absolute Gasteiger partial charge is 0.454 e. The molecule has 1 aromatic carbocycles. The summed E-state index contributed by atoms with van der Waals surface area (Å²) in [5.74, 6) is 1.55. The molecular weight excluding hydrogens is 250 g/mol. The van der Waals surface area contributed by atoms with Crippen LogP contribution in [0, 0.1) is 10.8 Å². The van der Waals surface area contributed by atoms with Crippen molar-refractivity contribution in [3.8, 4) is 11.5 Å². The van der Waals surface area contributed by atoms with E-state index in [9.17, 15) is 0 Å². The van der Waals surface area contributed by atoms with E-state index >= 15 is 0 Å². The summed E-state index contributed by atoms with van der Waals surface area (Å²) in [6.07, 6.45) is 4.60. The molecule has 0 atom stereocenters. The van der Waals surface area contributed by atoms with Gasteiger partial charge in [-0.2, -0.15) is 0 Å². The molecule has 0 bridgehead atoms. The monoisotopic (exact) mass is 273 g/mol. The number of hydrogen-bond donors (Lipinski definition) is 1. The standard InChI is InChI=1S/C17H23NO2/c1-16(2)7-11(8-17(3,4)9-16)12-5-14-15(6-13(12)18)20-10-19-14/h5-7H,8-10,18H2,1-4H3. The van der Waals surface area contributed by atoms with Crippen LogP contribution in [0.5, 0.6) is 11.5 Å². The Morgan fingerprint density at radius 3 is 2.35 bits per heavy atom. The first-order valence-corrected chi connectivity index (χ1v) is 7.17. The van der Waals surface area contributed by atoms with E-state index in [1.54, 1.807) is 0 Å². The number of benzene rings is 1. The third-order valence-corrected chi connectivity index (χ3v) is 4.06. The van der Waals surface area contributed by atoms with Crippen molar-refractivity contribution < 1.29 is 9.47 Å². The number of fused-ring (bicyclic) bond motifs is 1. The molecule has 1 heterocycles. The van der Waals surface area contributed by atoms with Crippen LogP contribution < -0.4 is 15.2 Å². The Morgan fingerprint density at radius 2 is 1.70 bits per heavy atom. The normalized spacial score (nSPS) is 22.5. The molecule has 0 spiro atoms. The number of rotatable bonds is 1. The topological polar surface area (TPSA) is 44.5 Å². The van der Waals surface area contributed by atoms with Crippen LogP contribution in [0.4, 0.5) is 5.69 Å². The van der Waals surface area contributed by atoms with Gasteiger partial charge in [0.25, 0.3) is 0 Å². The molecule has 0 radical (unpaired) electrons. The van der Waals surface area contributed by atoms with Crippen molar-refractivity contribution in [3.05, 3.63) is 23.8 Å². The third kappa shape index (κ3) is 2.37. The summed E-state index contributed by atoms with van der Waals surface area (Å²) in [6, 6.07) is 3.91. The number of anilines is 1. The Balaban J connectivity index is 2.07. The van der Waals surface area contributed by atoms with Gasteiger partial charge in [0.05, 0.1) is 0 Å². The van der Waals surface area contributed by atoms with Gasteiger partial charge in [0.15, 0.2) is 11.5 Å². The summed E-state index contributed by atoms with van der Waals surface area (Å²) in [6.45, 7) is 9.51. The average molecular weight is 273 g/mol. The minimum atomic E-state index is 0.194. The van der Waals surface area contributed by atoms with Crippen molar-refractivity contribution in [1.29, 1.82) is 0 Å². The first-order valence-electron chi connectivity index (χ1n) is 7.17. The van der Waals surface area contributed by atoms with Crippen molar-refractivity contribution in [2.24, 2.45) is 10.8 Å². The second kappa shape index (κ2) is 4.18. The Labute approximate surface area is 120 Å². The van der Waals surface area contributed by atoms with Crippen molar-refractivity contribution in [1.82, 2.24) is 0 Å². The van der Waals surface area contributed by atoms with Crippen molar-refractivity contribution >= 4 is 11.3 Å². The molecule has 108 valence electrons.